The van der Waals surface area contributed by atoms with E-state index in [4.69, 9.17) is 14.8 Å². The quantitative estimate of drug-likeness (QED) is 0.0909. The molecular weight excluding hydrogens is 796 g/mol. The fraction of sp³-hybridized carbons (Fsp3) is 0.273. The van der Waals surface area contributed by atoms with Crippen molar-refractivity contribution >= 4 is 21.8 Å². The van der Waals surface area contributed by atoms with E-state index in [1.54, 1.807) is 0 Å². The second kappa shape index (κ2) is 15.6. The van der Waals surface area contributed by atoms with Gasteiger partial charge in [0, 0.05) is 34.5 Å². The zero-order chi connectivity index (χ0) is 33.9. The Morgan fingerprint density at radius 2 is 1.62 bits per heavy atom. The average molecular weight is 840 g/mol. The van der Waals surface area contributed by atoms with E-state index in [1.165, 1.54) is 53.5 Å². The van der Waals surface area contributed by atoms with E-state index in [2.05, 4.69) is 112 Å². The van der Waals surface area contributed by atoms with Crippen LogP contribution in [-0.4, -0.2) is 19.3 Å². The van der Waals surface area contributed by atoms with Gasteiger partial charge in [0.05, 0.1) is 5.69 Å². The minimum absolute atomic E-state index is 0. The molecule has 7 aromatic rings. The van der Waals surface area contributed by atoms with Crippen LogP contribution in [0.5, 0.6) is 11.5 Å². The van der Waals surface area contributed by atoms with Crippen LogP contribution in [0.4, 0.5) is 0 Å². The Morgan fingerprint density at radius 1 is 0.800 bits per heavy atom. The summed E-state index contributed by atoms with van der Waals surface area (Å²) in [5, 5.41) is 7.41. The van der Waals surface area contributed by atoms with Crippen LogP contribution in [0.2, 0.25) is 0 Å². The number of benzene rings is 4. The molecular formula is C44H44N4OPt. The molecule has 3 heterocycles. The molecule has 50 heavy (non-hydrogen) atoms. The molecule has 0 N–H and O–H groups in total. The van der Waals surface area contributed by atoms with Crippen molar-refractivity contribution < 1.29 is 25.8 Å². The van der Waals surface area contributed by atoms with Gasteiger partial charge in [-0.2, -0.15) is 17.2 Å². The second-order valence-electron chi connectivity index (χ2n) is 13.0. The molecule has 5 nitrogen and oxygen atoms in total. The van der Waals surface area contributed by atoms with Gasteiger partial charge in [-0.15, -0.1) is 35.7 Å². The molecule has 0 fully saturated rings. The molecule has 3 aromatic heterocycles. The van der Waals surface area contributed by atoms with Crippen LogP contribution in [0.1, 0.15) is 81.8 Å². The van der Waals surface area contributed by atoms with Crippen molar-refractivity contribution in [3.63, 3.8) is 0 Å². The molecule has 0 aliphatic rings. The van der Waals surface area contributed by atoms with E-state index in [1.807, 2.05) is 41.2 Å². The number of aryl methyl sites for hydroxylation is 2. The molecule has 6 heteroatoms. The van der Waals surface area contributed by atoms with Crippen molar-refractivity contribution in [1.29, 1.82) is 0 Å². The summed E-state index contributed by atoms with van der Waals surface area (Å²) in [7, 11) is 0. The number of pyridine rings is 1. The SMILES string of the molecule is CCCCCC(C)c1ccc2c(c1)c1ccc(Oc3[c-]c(-n4nc(CC)c(-c5ccccc5)c4CC)ccc3)[c-]c1n2-c1cc(C)ccn1.[Pt+2]. The molecule has 0 aliphatic heterocycles. The van der Waals surface area contributed by atoms with Gasteiger partial charge in [0.2, 0.25) is 0 Å². The van der Waals surface area contributed by atoms with E-state index >= 15 is 0 Å². The summed E-state index contributed by atoms with van der Waals surface area (Å²) < 4.78 is 10.8. The van der Waals surface area contributed by atoms with Gasteiger partial charge in [0.1, 0.15) is 5.82 Å². The molecule has 0 spiro atoms. The normalized spacial score (nSPS) is 11.9. The Morgan fingerprint density at radius 3 is 2.38 bits per heavy atom. The summed E-state index contributed by atoms with van der Waals surface area (Å²) in [5.41, 5.74) is 10.1. The van der Waals surface area contributed by atoms with Crippen molar-refractivity contribution in [2.75, 3.05) is 0 Å². The molecule has 0 radical (unpaired) electrons. The number of unbranched alkanes of at least 4 members (excludes halogenated alkanes) is 2. The summed E-state index contributed by atoms with van der Waals surface area (Å²) in [5.74, 6) is 2.61. The first-order valence-corrected chi connectivity index (χ1v) is 17.8. The second-order valence-corrected chi connectivity index (χ2v) is 13.0. The molecule has 0 bridgehead atoms. The van der Waals surface area contributed by atoms with E-state index in [-0.39, 0.29) is 21.1 Å². The fourth-order valence-electron chi connectivity index (χ4n) is 7.01. The zero-order valence-electron chi connectivity index (χ0n) is 29.6. The van der Waals surface area contributed by atoms with Crippen molar-refractivity contribution in [2.24, 2.45) is 0 Å². The smallest absolute Gasteiger partial charge is 0.509 e. The summed E-state index contributed by atoms with van der Waals surface area (Å²) in [6, 6.07) is 38.9. The van der Waals surface area contributed by atoms with E-state index in [0.717, 1.165) is 52.0 Å². The van der Waals surface area contributed by atoms with Gasteiger partial charge in [-0.05, 0) is 78.1 Å². The standard InChI is InChI=1S/C44H44N4O.Pt/c1-6-9-11-15-31(5)33-20-23-41-38(27-33)37-22-21-36(29-42(37)47(41)43-26-30(4)24-25-45-43)49-35-19-14-18-34(28-35)48-40(8-3)44(39(7-2)46-48)32-16-12-10-13-17-32;/h10,12-14,16-27,31H,6-9,11,15H2,1-5H3;/q-2;+2. The predicted octanol–water partition coefficient (Wildman–Crippen LogP) is 11.5. The zero-order valence-corrected chi connectivity index (χ0v) is 31.8. The van der Waals surface area contributed by atoms with Crippen LogP contribution < -0.4 is 4.74 Å². The summed E-state index contributed by atoms with van der Waals surface area (Å²) >= 11 is 0. The van der Waals surface area contributed by atoms with Crippen molar-refractivity contribution in [3.8, 4) is 34.1 Å². The van der Waals surface area contributed by atoms with Gasteiger partial charge in [-0.1, -0.05) is 94.9 Å². The Kier molecular flexibility index (Phi) is 11.0. The van der Waals surface area contributed by atoms with Gasteiger partial charge >= 0.3 is 21.1 Å². The third-order valence-electron chi connectivity index (χ3n) is 9.60. The predicted molar refractivity (Wildman–Crippen MR) is 201 cm³/mol. The first kappa shape index (κ1) is 35.4. The van der Waals surface area contributed by atoms with E-state index in [9.17, 15) is 0 Å². The van der Waals surface area contributed by atoms with Crippen LogP contribution in [-0.2, 0) is 33.9 Å². The minimum Gasteiger partial charge on any atom is -0.509 e. The summed E-state index contributed by atoms with van der Waals surface area (Å²) in [6.45, 7) is 11.1. The van der Waals surface area contributed by atoms with E-state index < -0.39 is 0 Å². The van der Waals surface area contributed by atoms with Crippen LogP contribution in [0.25, 0.3) is 44.4 Å². The first-order valence-electron chi connectivity index (χ1n) is 17.8. The minimum atomic E-state index is 0. The van der Waals surface area contributed by atoms with Gasteiger partial charge in [0.25, 0.3) is 0 Å². The van der Waals surface area contributed by atoms with Crippen molar-refractivity contribution in [2.45, 2.75) is 79.1 Å². The average Bonchev–Trinajstić information content (AvgIpc) is 3.67. The Labute approximate surface area is 310 Å². The van der Waals surface area contributed by atoms with Gasteiger partial charge in [0.15, 0.2) is 0 Å². The molecule has 4 aromatic carbocycles. The topological polar surface area (TPSA) is 44.9 Å². The Bertz CT molecular complexity index is 2230. The largest absolute Gasteiger partial charge is 2.00 e. The summed E-state index contributed by atoms with van der Waals surface area (Å²) in [4.78, 5) is 4.79. The molecule has 256 valence electrons. The molecule has 7 rings (SSSR count). The van der Waals surface area contributed by atoms with Gasteiger partial charge in [-0.3, -0.25) is 4.68 Å². The number of hydrogen-bond acceptors (Lipinski definition) is 3. The fourth-order valence-corrected chi connectivity index (χ4v) is 7.01. The van der Waals surface area contributed by atoms with Gasteiger partial charge < -0.3 is 9.30 Å². The number of hydrogen-bond donors (Lipinski definition) is 0. The van der Waals surface area contributed by atoms with E-state index in [0.29, 0.717) is 17.4 Å². The Hall–Kier alpha value is -4.47. The van der Waals surface area contributed by atoms with Crippen LogP contribution in [0.15, 0.2) is 97.2 Å². The van der Waals surface area contributed by atoms with Crippen LogP contribution in [0.3, 0.4) is 0 Å². The maximum Gasteiger partial charge on any atom is 2.00 e. The molecule has 0 aliphatic carbocycles. The first-order chi connectivity index (χ1) is 24.0. The van der Waals surface area contributed by atoms with Crippen molar-refractivity contribution in [1.82, 2.24) is 19.3 Å². The maximum atomic E-state index is 6.51. The number of ether oxygens (including phenoxy) is 1. The van der Waals surface area contributed by atoms with Gasteiger partial charge in [-0.25, -0.2) is 4.98 Å². The summed E-state index contributed by atoms with van der Waals surface area (Å²) in [6.07, 6.45) is 8.53. The monoisotopic (exact) mass is 839 g/mol. The van der Waals surface area contributed by atoms with Crippen molar-refractivity contribution in [3.05, 3.63) is 132 Å². The molecule has 0 saturated heterocycles. The number of rotatable bonds is 12. The van der Waals surface area contributed by atoms with Crippen LogP contribution in [0, 0.1) is 19.1 Å². The Balaban J connectivity index is 0.00000432. The number of aromatic nitrogens is 4. The van der Waals surface area contributed by atoms with Crippen LogP contribution >= 0.6 is 0 Å². The molecule has 0 saturated carbocycles. The molecule has 1 atom stereocenters. The third kappa shape index (κ3) is 6.94. The molecule has 1 unspecified atom stereocenters. The maximum absolute atomic E-state index is 6.51. The number of nitrogens with zero attached hydrogens (tertiary/aromatic N) is 4. The number of fused-ring (bicyclic) bond motifs is 3. The molecule has 0 amide bonds. The third-order valence-corrected chi connectivity index (χ3v) is 9.60.